The van der Waals surface area contributed by atoms with E-state index in [1.807, 2.05) is 32.9 Å². The van der Waals surface area contributed by atoms with Crippen LogP contribution in [-0.4, -0.2) is 18.9 Å². The Morgan fingerprint density at radius 2 is 1.56 bits per heavy atom. The number of nitrogens with two attached hydrogens (primary N) is 1. The van der Waals surface area contributed by atoms with Crippen LogP contribution in [0.25, 0.3) is 0 Å². The van der Waals surface area contributed by atoms with E-state index < -0.39 is 11.8 Å². The molecule has 1 rings (SSSR count). The Balaban J connectivity index is 3.19. The summed E-state index contributed by atoms with van der Waals surface area (Å²) in [4.78, 5) is 23.5. The first-order valence-electron chi connectivity index (χ1n) is 5.00. The van der Waals surface area contributed by atoms with Crippen LogP contribution in [0.2, 0.25) is 0 Å². The molecule has 0 saturated carbocycles. The molecule has 2 amide bonds. The number of anilines is 1. The van der Waals surface area contributed by atoms with Crippen LogP contribution in [0.5, 0.6) is 0 Å². The molecule has 0 unspecified atom stereocenters. The van der Waals surface area contributed by atoms with Gasteiger partial charge in [-0.15, -0.1) is 0 Å². The third kappa shape index (κ3) is 2.21. The van der Waals surface area contributed by atoms with E-state index in [0.29, 0.717) is 5.69 Å². The minimum Gasteiger partial charge on any atom is -0.361 e. The van der Waals surface area contributed by atoms with E-state index in [0.717, 1.165) is 16.7 Å². The number of likely N-dealkylation sites (N-methyl/N-ethyl adjacent to an activating group) is 1. The average molecular weight is 220 g/mol. The third-order valence-corrected chi connectivity index (χ3v) is 2.69. The van der Waals surface area contributed by atoms with Crippen LogP contribution < -0.4 is 10.6 Å². The molecule has 0 bridgehead atoms. The molecule has 0 radical (unpaired) electrons. The van der Waals surface area contributed by atoms with Gasteiger partial charge in [0.2, 0.25) is 0 Å². The summed E-state index contributed by atoms with van der Waals surface area (Å²) in [5, 5.41) is 0. The molecule has 0 aromatic heterocycles. The van der Waals surface area contributed by atoms with Crippen LogP contribution in [0.3, 0.4) is 0 Å². The molecule has 16 heavy (non-hydrogen) atoms. The van der Waals surface area contributed by atoms with Gasteiger partial charge >= 0.3 is 11.8 Å². The smallest absolute Gasteiger partial charge is 0.315 e. The summed E-state index contributed by atoms with van der Waals surface area (Å²) in [7, 11) is 1.55. The lowest BCUT2D eigenvalue weighted by atomic mass is 10.0. The molecule has 0 saturated heterocycles. The van der Waals surface area contributed by atoms with Gasteiger partial charge in [0, 0.05) is 12.7 Å². The van der Waals surface area contributed by atoms with Gasteiger partial charge in [-0.25, -0.2) is 0 Å². The fraction of sp³-hybridized carbons (Fsp3) is 0.333. The van der Waals surface area contributed by atoms with Crippen molar-refractivity contribution in [1.29, 1.82) is 0 Å². The van der Waals surface area contributed by atoms with Gasteiger partial charge in [-0.1, -0.05) is 6.07 Å². The van der Waals surface area contributed by atoms with E-state index in [9.17, 15) is 9.59 Å². The SMILES string of the molecule is Cc1cc(C)c(N(C)C(=O)C(N)=O)cc1C. The first-order valence-corrected chi connectivity index (χ1v) is 5.00. The molecule has 0 fully saturated rings. The second-order valence-corrected chi connectivity index (χ2v) is 3.95. The number of primary amides is 1. The maximum absolute atomic E-state index is 11.4. The van der Waals surface area contributed by atoms with Gasteiger partial charge in [0.1, 0.15) is 0 Å². The summed E-state index contributed by atoms with van der Waals surface area (Å²) in [6, 6.07) is 3.86. The predicted octanol–water partition coefficient (Wildman–Crippen LogP) is 1.06. The van der Waals surface area contributed by atoms with E-state index in [4.69, 9.17) is 5.73 Å². The number of benzene rings is 1. The van der Waals surface area contributed by atoms with Crippen molar-refractivity contribution in [2.45, 2.75) is 20.8 Å². The molecular weight excluding hydrogens is 204 g/mol. The van der Waals surface area contributed by atoms with Crippen molar-refractivity contribution >= 4 is 17.5 Å². The van der Waals surface area contributed by atoms with Crippen molar-refractivity contribution < 1.29 is 9.59 Å². The zero-order valence-corrected chi connectivity index (χ0v) is 10.00. The van der Waals surface area contributed by atoms with Crippen LogP contribution in [0.4, 0.5) is 5.69 Å². The highest BCUT2D eigenvalue weighted by Gasteiger charge is 2.18. The standard InChI is InChI=1S/C12H16N2O2/c1-7-5-9(3)10(6-8(7)2)14(4)12(16)11(13)15/h5-6H,1-4H3,(H2,13,15). The van der Waals surface area contributed by atoms with Gasteiger partial charge in [0.05, 0.1) is 0 Å². The van der Waals surface area contributed by atoms with Gasteiger partial charge in [0.25, 0.3) is 0 Å². The Kier molecular flexibility index (Phi) is 3.32. The van der Waals surface area contributed by atoms with Crippen molar-refractivity contribution in [3.8, 4) is 0 Å². The Bertz CT molecular complexity index is 453. The quantitative estimate of drug-likeness (QED) is 0.719. The van der Waals surface area contributed by atoms with Crippen LogP contribution in [0.1, 0.15) is 16.7 Å². The van der Waals surface area contributed by atoms with Gasteiger partial charge in [-0.05, 0) is 43.5 Å². The van der Waals surface area contributed by atoms with Crippen molar-refractivity contribution in [1.82, 2.24) is 0 Å². The highest BCUT2D eigenvalue weighted by Crippen LogP contribution is 2.23. The molecule has 86 valence electrons. The Hall–Kier alpha value is -1.84. The molecule has 0 spiro atoms. The highest BCUT2D eigenvalue weighted by molar-refractivity contribution is 6.39. The minimum atomic E-state index is -0.944. The zero-order chi connectivity index (χ0) is 12.5. The number of hydrogen-bond acceptors (Lipinski definition) is 2. The topological polar surface area (TPSA) is 63.4 Å². The monoisotopic (exact) mass is 220 g/mol. The number of amides is 2. The zero-order valence-electron chi connectivity index (χ0n) is 10.00. The lowest BCUT2D eigenvalue weighted by Gasteiger charge is -2.19. The van der Waals surface area contributed by atoms with E-state index in [1.165, 1.54) is 4.90 Å². The van der Waals surface area contributed by atoms with E-state index >= 15 is 0 Å². The van der Waals surface area contributed by atoms with Crippen LogP contribution in [-0.2, 0) is 9.59 Å². The summed E-state index contributed by atoms with van der Waals surface area (Å²) >= 11 is 0. The minimum absolute atomic E-state index is 0.702. The molecule has 2 N–H and O–H groups in total. The predicted molar refractivity (Wildman–Crippen MR) is 63.3 cm³/mol. The molecular formula is C12H16N2O2. The highest BCUT2D eigenvalue weighted by atomic mass is 16.2. The summed E-state index contributed by atoms with van der Waals surface area (Å²) in [6.45, 7) is 5.86. The molecule has 0 heterocycles. The van der Waals surface area contributed by atoms with Crippen molar-refractivity contribution in [3.63, 3.8) is 0 Å². The Labute approximate surface area is 95.0 Å². The number of carbonyl (C=O) groups excluding carboxylic acids is 2. The summed E-state index contributed by atoms with van der Waals surface area (Å²) in [5.41, 5.74) is 8.85. The second-order valence-electron chi connectivity index (χ2n) is 3.95. The number of aryl methyl sites for hydroxylation is 3. The van der Waals surface area contributed by atoms with E-state index in [-0.39, 0.29) is 0 Å². The van der Waals surface area contributed by atoms with Crippen molar-refractivity contribution in [2.24, 2.45) is 5.73 Å². The average Bonchev–Trinajstić information content (AvgIpc) is 2.21. The summed E-state index contributed by atoms with van der Waals surface area (Å²) in [5.74, 6) is -1.65. The molecule has 0 aliphatic carbocycles. The normalized spacial score (nSPS) is 10.0. The van der Waals surface area contributed by atoms with Gasteiger partial charge in [0.15, 0.2) is 0 Å². The van der Waals surface area contributed by atoms with Crippen LogP contribution >= 0.6 is 0 Å². The first-order chi connectivity index (χ1) is 7.34. The number of hydrogen-bond donors (Lipinski definition) is 1. The van der Waals surface area contributed by atoms with Gasteiger partial charge < -0.3 is 10.6 Å². The van der Waals surface area contributed by atoms with Gasteiger partial charge in [-0.2, -0.15) is 0 Å². The fourth-order valence-electron chi connectivity index (χ4n) is 1.58. The number of carbonyl (C=O) groups is 2. The van der Waals surface area contributed by atoms with Crippen molar-refractivity contribution in [3.05, 3.63) is 28.8 Å². The number of nitrogens with zero attached hydrogens (tertiary/aromatic N) is 1. The third-order valence-electron chi connectivity index (χ3n) is 2.69. The maximum atomic E-state index is 11.4. The van der Waals surface area contributed by atoms with Crippen LogP contribution in [0.15, 0.2) is 12.1 Å². The fourth-order valence-corrected chi connectivity index (χ4v) is 1.58. The number of rotatable bonds is 1. The Morgan fingerprint density at radius 3 is 2.06 bits per heavy atom. The molecule has 0 aliphatic rings. The van der Waals surface area contributed by atoms with E-state index in [1.54, 1.807) is 7.05 Å². The molecule has 1 aromatic rings. The van der Waals surface area contributed by atoms with Crippen molar-refractivity contribution in [2.75, 3.05) is 11.9 Å². The summed E-state index contributed by atoms with van der Waals surface area (Å²) < 4.78 is 0. The molecule has 0 atom stereocenters. The first kappa shape index (κ1) is 12.2. The molecule has 4 nitrogen and oxygen atoms in total. The largest absolute Gasteiger partial charge is 0.361 e. The molecule has 0 aliphatic heterocycles. The second kappa shape index (κ2) is 4.35. The molecule has 1 aromatic carbocycles. The lowest BCUT2D eigenvalue weighted by Crippen LogP contribution is -2.38. The summed E-state index contributed by atoms with van der Waals surface area (Å²) in [6.07, 6.45) is 0. The van der Waals surface area contributed by atoms with Gasteiger partial charge in [-0.3, -0.25) is 9.59 Å². The molecule has 4 heteroatoms. The van der Waals surface area contributed by atoms with E-state index in [2.05, 4.69) is 0 Å². The Morgan fingerprint density at radius 1 is 1.06 bits per heavy atom. The maximum Gasteiger partial charge on any atom is 0.315 e. The lowest BCUT2D eigenvalue weighted by molar-refractivity contribution is -0.135. The van der Waals surface area contributed by atoms with Crippen LogP contribution in [0, 0.1) is 20.8 Å².